The highest BCUT2D eigenvalue weighted by Gasteiger charge is 2.23. The zero-order valence-electron chi connectivity index (χ0n) is 12.0. The van der Waals surface area contributed by atoms with Gasteiger partial charge in [0.25, 0.3) is 0 Å². The number of H-pyrrole nitrogens is 1. The Kier molecular flexibility index (Phi) is 3.35. The molecule has 0 aliphatic carbocycles. The second-order valence-corrected chi connectivity index (χ2v) is 6.36. The van der Waals surface area contributed by atoms with E-state index in [1.54, 1.807) is 18.0 Å². The third-order valence-electron chi connectivity index (χ3n) is 3.94. The van der Waals surface area contributed by atoms with Crippen molar-refractivity contribution in [2.24, 2.45) is 0 Å². The van der Waals surface area contributed by atoms with Crippen LogP contribution in [-0.2, 0) is 17.9 Å². The van der Waals surface area contributed by atoms with E-state index < -0.39 is 0 Å². The van der Waals surface area contributed by atoms with Crippen LogP contribution < -0.4 is 0 Å². The van der Waals surface area contributed by atoms with Gasteiger partial charge in [0.15, 0.2) is 0 Å². The Morgan fingerprint density at radius 1 is 1.23 bits per heavy atom. The summed E-state index contributed by atoms with van der Waals surface area (Å²) < 4.78 is 0. The first-order chi connectivity index (χ1) is 10.8. The molecule has 1 amide bonds. The van der Waals surface area contributed by atoms with Gasteiger partial charge in [0.1, 0.15) is 0 Å². The molecule has 0 atom stereocenters. The maximum absolute atomic E-state index is 12.4. The molecule has 1 aromatic carbocycles. The third kappa shape index (κ3) is 2.37. The van der Waals surface area contributed by atoms with Gasteiger partial charge in [-0.1, -0.05) is 24.3 Å². The number of amides is 1. The van der Waals surface area contributed by atoms with Crippen LogP contribution in [0.2, 0.25) is 0 Å². The van der Waals surface area contributed by atoms with E-state index >= 15 is 0 Å². The Hall–Kier alpha value is -2.27. The third-order valence-corrected chi connectivity index (χ3v) is 4.98. The molecule has 1 N–H and O–H groups in total. The molecule has 1 aliphatic rings. The smallest absolute Gasteiger partial charge is 0.233 e. The summed E-state index contributed by atoms with van der Waals surface area (Å²) in [4.78, 5) is 23.0. The predicted octanol–water partition coefficient (Wildman–Crippen LogP) is 3.20. The van der Waals surface area contributed by atoms with Gasteiger partial charge in [-0.3, -0.25) is 9.78 Å². The lowest BCUT2D eigenvalue weighted by molar-refractivity contribution is -0.128. The van der Waals surface area contributed by atoms with Gasteiger partial charge in [-0.2, -0.15) is 0 Å². The van der Waals surface area contributed by atoms with Crippen LogP contribution in [-0.4, -0.2) is 26.5 Å². The topological polar surface area (TPSA) is 49.0 Å². The fraction of sp³-hybridized carbons (Fsp3) is 0.176. The number of hydrogen-bond acceptors (Lipinski definition) is 3. The van der Waals surface area contributed by atoms with E-state index in [-0.39, 0.29) is 5.91 Å². The minimum absolute atomic E-state index is 0.160. The van der Waals surface area contributed by atoms with Crippen molar-refractivity contribution in [3.8, 4) is 0 Å². The van der Waals surface area contributed by atoms with Crippen LogP contribution in [0.3, 0.4) is 0 Å². The van der Waals surface area contributed by atoms with Gasteiger partial charge < -0.3 is 9.88 Å². The molecule has 110 valence electrons. The minimum atomic E-state index is 0.160. The number of rotatable bonds is 3. The zero-order chi connectivity index (χ0) is 14.9. The lowest BCUT2D eigenvalue weighted by Crippen LogP contribution is -2.27. The molecule has 5 heteroatoms. The van der Waals surface area contributed by atoms with Gasteiger partial charge in [0.05, 0.1) is 18.0 Å². The van der Waals surface area contributed by atoms with Gasteiger partial charge in [-0.15, -0.1) is 11.8 Å². The van der Waals surface area contributed by atoms with Crippen LogP contribution in [0.1, 0.15) is 11.3 Å². The van der Waals surface area contributed by atoms with Crippen LogP contribution in [0.4, 0.5) is 0 Å². The van der Waals surface area contributed by atoms with Crippen molar-refractivity contribution in [1.29, 1.82) is 0 Å². The van der Waals surface area contributed by atoms with Crippen molar-refractivity contribution >= 4 is 28.6 Å². The van der Waals surface area contributed by atoms with Crippen LogP contribution in [0.5, 0.6) is 0 Å². The molecular weight excluding hydrogens is 294 g/mol. The summed E-state index contributed by atoms with van der Waals surface area (Å²) in [5, 5.41) is 1.17. The number of benzene rings is 1. The number of fused-ring (bicyclic) bond motifs is 2. The van der Waals surface area contributed by atoms with Crippen molar-refractivity contribution in [2.45, 2.75) is 18.0 Å². The average Bonchev–Trinajstić information content (AvgIpc) is 3.16. The quantitative estimate of drug-likeness (QED) is 0.756. The van der Waals surface area contributed by atoms with Gasteiger partial charge in [-0.25, -0.2) is 0 Å². The highest BCUT2D eigenvalue weighted by Crippen LogP contribution is 2.29. The number of aromatic nitrogens is 2. The first-order valence-corrected chi connectivity index (χ1v) is 8.19. The predicted molar refractivity (Wildman–Crippen MR) is 87.5 cm³/mol. The molecule has 0 unspecified atom stereocenters. The van der Waals surface area contributed by atoms with Crippen molar-refractivity contribution in [2.75, 3.05) is 5.75 Å². The van der Waals surface area contributed by atoms with E-state index in [1.165, 1.54) is 5.39 Å². The summed E-state index contributed by atoms with van der Waals surface area (Å²) in [6.45, 7) is 1.31. The zero-order valence-corrected chi connectivity index (χ0v) is 12.8. The highest BCUT2D eigenvalue weighted by molar-refractivity contribution is 8.00. The highest BCUT2D eigenvalue weighted by atomic mass is 32.2. The summed E-state index contributed by atoms with van der Waals surface area (Å²) in [6.07, 6.45) is 3.76. The van der Waals surface area contributed by atoms with Crippen molar-refractivity contribution in [3.05, 3.63) is 60.0 Å². The van der Waals surface area contributed by atoms with E-state index in [0.717, 1.165) is 21.7 Å². The van der Waals surface area contributed by atoms with Gasteiger partial charge in [-0.05, 0) is 17.7 Å². The maximum atomic E-state index is 12.4. The molecule has 0 bridgehead atoms. The van der Waals surface area contributed by atoms with Gasteiger partial charge in [0, 0.05) is 34.7 Å². The molecule has 22 heavy (non-hydrogen) atoms. The Balaban J connectivity index is 1.43. The second-order valence-electron chi connectivity index (χ2n) is 5.35. The summed E-state index contributed by atoms with van der Waals surface area (Å²) >= 11 is 1.59. The molecule has 0 spiro atoms. The number of para-hydroxylation sites is 1. The number of carbonyl (C=O) groups is 1. The van der Waals surface area contributed by atoms with E-state index in [1.807, 2.05) is 41.4 Å². The Labute approximate surface area is 132 Å². The largest absolute Gasteiger partial charge is 0.360 e. The number of carbonyl (C=O) groups excluding carboxylic acids is 1. The first-order valence-electron chi connectivity index (χ1n) is 7.21. The number of aromatic amines is 1. The summed E-state index contributed by atoms with van der Waals surface area (Å²) in [7, 11) is 0. The molecule has 0 saturated carbocycles. The van der Waals surface area contributed by atoms with E-state index in [4.69, 9.17) is 0 Å². The molecule has 1 aliphatic heterocycles. The second kappa shape index (κ2) is 5.50. The average molecular weight is 309 g/mol. The summed E-state index contributed by atoms with van der Waals surface area (Å²) in [6, 6.07) is 12.1. The standard InChI is InChI=1S/C17H15N3OS/c21-17(20-9-12-4-3-7-18-15(12)10-20)11-22-16-8-19-14-6-2-1-5-13(14)16/h1-8,19H,9-11H2. The molecule has 2 aromatic heterocycles. The summed E-state index contributed by atoms with van der Waals surface area (Å²) in [5.74, 6) is 0.615. The van der Waals surface area contributed by atoms with E-state index in [0.29, 0.717) is 18.8 Å². The normalized spacial score (nSPS) is 13.5. The molecule has 3 heterocycles. The number of pyridine rings is 1. The SMILES string of the molecule is O=C(CSc1c[nH]c2ccccc12)N1Cc2cccnc2C1. The Morgan fingerprint density at radius 2 is 2.14 bits per heavy atom. The molecule has 0 radical (unpaired) electrons. The van der Waals surface area contributed by atoms with Crippen molar-refractivity contribution < 1.29 is 4.79 Å². The number of nitrogens with one attached hydrogen (secondary N) is 1. The minimum Gasteiger partial charge on any atom is -0.360 e. The monoisotopic (exact) mass is 309 g/mol. The maximum Gasteiger partial charge on any atom is 0.233 e. The summed E-state index contributed by atoms with van der Waals surface area (Å²) in [5.41, 5.74) is 3.29. The fourth-order valence-corrected chi connectivity index (χ4v) is 3.71. The lowest BCUT2D eigenvalue weighted by Gasteiger charge is -2.14. The molecular formula is C17H15N3OS. The number of thioether (sulfide) groups is 1. The van der Waals surface area contributed by atoms with Crippen molar-refractivity contribution in [1.82, 2.24) is 14.9 Å². The van der Waals surface area contributed by atoms with E-state index in [2.05, 4.69) is 16.0 Å². The van der Waals surface area contributed by atoms with Gasteiger partial charge >= 0.3 is 0 Å². The Bertz CT molecular complexity index is 818. The van der Waals surface area contributed by atoms with Crippen molar-refractivity contribution in [3.63, 3.8) is 0 Å². The molecule has 3 aromatic rings. The van der Waals surface area contributed by atoms with Crippen LogP contribution in [0, 0.1) is 0 Å². The lowest BCUT2D eigenvalue weighted by atomic mass is 10.2. The van der Waals surface area contributed by atoms with Crippen LogP contribution >= 0.6 is 11.8 Å². The first kappa shape index (κ1) is 13.4. The van der Waals surface area contributed by atoms with Crippen LogP contribution in [0.25, 0.3) is 10.9 Å². The molecule has 0 saturated heterocycles. The molecule has 4 rings (SSSR count). The van der Waals surface area contributed by atoms with Gasteiger partial charge in [0.2, 0.25) is 5.91 Å². The number of nitrogens with zero attached hydrogens (tertiary/aromatic N) is 2. The Morgan fingerprint density at radius 3 is 3.05 bits per heavy atom. The van der Waals surface area contributed by atoms with E-state index in [9.17, 15) is 4.79 Å². The molecule has 4 nitrogen and oxygen atoms in total. The van der Waals surface area contributed by atoms with Crippen LogP contribution in [0.15, 0.2) is 53.7 Å². The fourth-order valence-electron chi connectivity index (χ4n) is 2.77. The molecule has 0 fully saturated rings. The number of hydrogen-bond donors (Lipinski definition) is 1.